The number of imide groups is 2. The Balaban J connectivity index is 1.69. The van der Waals surface area contributed by atoms with Crippen molar-refractivity contribution >= 4 is 29.7 Å². The zero-order chi connectivity index (χ0) is 19.0. The number of urea groups is 1. The highest BCUT2D eigenvalue weighted by Gasteiger charge is 2.42. The molecule has 1 aromatic rings. The van der Waals surface area contributed by atoms with Gasteiger partial charge in [-0.1, -0.05) is 12.1 Å². The molecule has 1 aromatic carbocycles. The second-order valence-corrected chi connectivity index (χ2v) is 6.00. The van der Waals surface area contributed by atoms with Crippen molar-refractivity contribution in [1.82, 2.24) is 15.1 Å². The summed E-state index contributed by atoms with van der Waals surface area (Å²) in [6, 6.07) is 4.50. The first-order valence-corrected chi connectivity index (χ1v) is 8.09. The molecule has 2 atom stereocenters. The molecule has 9 heteroatoms. The summed E-state index contributed by atoms with van der Waals surface area (Å²) < 4.78 is 5.09. The molecule has 3 rings (SSSR count). The van der Waals surface area contributed by atoms with Crippen LogP contribution in [0.5, 0.6) is 0 Å². The highest BCUT2D eigenvalue weighted by molar-refractivity contribution is 6.22. The minimum Gasteiger partial charge on any atom is -0.451 e. The third kappa shape index (κ3) is 2.81. The number of ether oxygens (including phenoxy) is 1. The van der Waals surface area contributed by atoms with Crippen LogP contribution in [0.3, 0.4) is 0 Å². The molecule has 0 bridgehead atoms. The summed E-state index contributed by atoms with van der Waals surface area (Å²) in [7, 11) is 0. The van der Waals surface area contributed by atoms with Gasteiger partial charge in [0, 0.05) is 13.1 Å². The Bertz CT molecular complexity index is 785. The average Bonchev–Trinajstić information content (AvgIpc) is 3.16. The van der Waals surface area contributed by atoms with E-state index in [1.807, 2.05) is 0 Å². The van der Waals surface area contributed by atoms with Crippen molar-refractivity contribution in [3.8, 4) is 0 Å². The van der Waals surface area contributed by atoms with Crippen molar-refractivity contribution in [2.45, 2.75) is 26.0 Å². The van der Waals surface area contributed by atoms with Gasteiger partial charge >= 0.3 is 12.0 Å². The fourth-order valence-electron chi connectivity index (χ4n) is 2.89. The molecule has 1 fully saturated rings. The van der Waals surface area contributed by atoms with Crippen LogP contribution in [0, 0.1) is 0 Å². The molecule has 2 heterocycles. The quantitative estimate of drug-likeness (QED) is 0.605. The van der Waals surface area contributed by atoms with E-state index < -0.39 is 41.9 Å². The topological polar surface area (TPSA) is 113 Å². The molecule has 1 saturated heterocycles. The first kappa shape index (κ1) is 17.6. The zero-order valence-electron chi connectivity index (χ0n) is 14.2. The predicted molar refractivity (Wildman–Crippen MR) is 87.1 cm³/mol. The molecule has 0 spiro atoms. The van der Waals surface area contributed by atoms with Crippen LogP contribution in [0.4, 0.5) is 4.79 Å². The summed E-state index contributed by atoms with van der Waals surface area (Å²) in [5, 5.41) is 2.48. The van der Waals surface area contributed by atoms with Crippen LogP contribution in [0.25, 0.3) is 0 Å². The third-order valence-electron chi connectivity index (χ3n) is 4.32. The Morgan fingerprint density at radius 1 is 1.08 bits per heavy atom. The second-order valence-electron chi connectivity index (χ2n) is 6.00. The molecule has 26 heavy (non-hydrogen) atoms. The standard InChI is InChI=1S/C17H17N3O6/c1-9(20-14(22)11-5-3-4-6-12(11)15(20)23)16(24)26-10(2)13(21)19-8-7-18-17(19)25/h3-6,9-10H,7-8H2,1-2H3,(H,18,25). The van der Waals surface area contributed by atoms with Gasteiger partial charge in [0.25, 0.3) is 17.7 Å². The largest absolute Gasteiger partial charge is 0.451 e. The molecule has 0 aliphatic carbocycles. The van der Waals surface area contributed by atoms with E-state index in [1.165, 1.54) is 26.0 Å². The average molecular weight is 359 g/mol. The summed E-state index contributed by atoms with van der Waals surface area (Å²) in [5.74, 6) is -2.75. The van der Waals surface area contributed by atoms with Gasteiger partial charge in [0.1, 0.15) is 6.04 Å². The lowest BCUT2D eigenvalue weighted by molar-refractivity contribution is -0.160. The Morgan fingerprint density at radius 2 is 1.65 bits per heavy atom. The summed E-state index contributed by atoms with van der Waals surface area (Å²) in [6.45, 7) is 3.20. The summed E-state index contributed by atoms with van der Waals surface area (Å²) in [6.07, 6.45) is -1.22. The van der Waals surface area contributed by atoms with Crippen molar-refractivity contribution in [3.05, 3.63) is 35.4 Å². The number of hydrogen-bond acceptors (Lipinski definition) is 6. The van der Waals surface area contributed by atoms with Crippen LogP contribution in [-0.2, 0) is 14.3 Å². The van der Waals surface area contributed by atoms with E-state index in [2.05, 4.69) is 5.32 Å². The maximum absolute atomic E-state index is 12.4. The SMILES string of the molecule is CC(OC(=O)C(C)N1C(=O)c2ccccc2C1=O)C(=O)N1CCNC1=O. The summed E-state index contributed by atoms with van der Waals surface area (Å²) >= 11 is 0. The Kier molecular flexibility index (Phi) is 4.45. The summed E-state index contributed by atoms with van der Waals surface area (Å²) in [5.41, 5.74) is 0.435. The number of benzene rings is 1. The number of nitrogens with one attached hydrogen (secondary N) is 1. The molecule has 136 valence electrons. The molecule has 5 amide bonds. The lowest BCUT2D eigenvalue weighted by Crippen LogP contribution is -2.47. The van der Waals surface area contributed by atoms with Crippen LogP contribution < -0.4 is 5.32 Å². The first-order valence-electron chi connectivity index (χ1n) is 8.09. The highest BCUT2D eigenvalue weighted by atomic mass is 16.5. The number of fused-ring (bicyclic) bond motifs is 1. The number of hydrogen-bond donors (Lipinski definition) is 1. The minimum atomic E-state index is -1.22. The van der Waals surface area contributed by atoms with Crippen LogP contribution in [0.2, 0.25) is 0 Å². The smallest absolute Gasteiger partial charge is 0.329 e. The Labute approximate surface area is 148 Å². The van der Waals surface area contributed by atoms with Gasteiger partial charge in [0.15, 0.2) is 6.10 Å². The van der Waals surface area contributed by atoms with Gasteiger partial charge in [-0.3, -0.25) is 24.2 Å². The fourth-order valence-corrected chi connectivity index (χ4v) is 2.89. The van der Waals surface area contributed by atoms with Gasteiger partial charge in [-0.25, -0.2) is 9.59 Å². The number of amides is 5. The van der Waals surface area contributed by atoms with Gasteiger partial charge in [0.05, 0.1) is 11.1 Å². The van der Waals surface area contributed by atoms with E-state index >= 15 is 0 Å². The molecule has 2 aliphatic rings. The Hall–Kier alpha value is -3.23. The monoisotopic (exact) mass is 359 g/mol. The molecule has 2 unspecified atom stereocenters. The summed E-state index contributed by atoms with van der Waals surface area (Å²) in [4.78, 5) is 62.6. The minimum absolute atomic E-state index is 0.188. The lowest BCUT2D eigenvalue weighted by Gasteiger charge is -2.24. The van der Waals surface area contributed by atoms with Gasteiger partial charge in [0.2, 0.25) is 0 Å². The molecule has 0 aromatic heterocycles. The first-order chi connectivity index (χ1) is 12.3. The van der Waals surface area contributed by atoms with Crippen LogP contribution >= 0.6 is 0 Å². The normalized spacial score (nSPS) is 18.5. The number of carbonyl (C=O) groups excluding carboxylic acids is 5. The zero-order valence-corrected chi connectivity index (χ0v) is 14.2. The number of rotatable bonds is 4. The van der Waals surface area contributed by atoms with Gasteiger partial charge in [-0.05, 0) is 26.0 Å². The molecular formula is C17H17N3O6. The van der Waals surface area contributed by atoms with Gasteiger partial charge in [-0.15, -0.1) is 0 Å². The number of esters is 1. The van der Waals surface area contributed by atoms with E-state index in [0.717, 1.165) is 9.80 Å². The van der Waals surface area contributed by atoms with Gasteiger partial charge in [-0.2, -0.15) is 0 Å². The predicted octanol–water partition coefficient (Wildman–Crippen LogP) is 0.155. The maximum Gasteiger partial charge on any atom is 0.329 e. The van der Waals surface area contributed by atoms with Crippen molar-refractivity contribution in [2.75, 3.05) is 13.1 Å². The van der Waals surface area contributed by atoms with Crippen molar-refractivity contribution in [3.63, 3.8) is 0 Å². The van der Waals surface area contributed by atoms with Gasteiger partial charge < -0.3 is 10.1 Å². The Morgan fingerprint density at radius 3 is 2.15 bits per heavy atom. The molecule has 9 nitrogen and oxygen atoms in total. The van der Waals surface area contributed by atoms with E-state index in [1.54, 1.807) is 12.1 Å². The molecule has 0 saturated carbocycles. The van der Waals surface area contributed by atoms with E-state index in [0.29, 0.717) is 6.54 Å². The van der Waals surface area contributed by atoms with E-state index in [-0.39, 0.29) is 17.7 Å². The molecular weight excluding hydrogens is 342 g/mol. The number of nitrogens with zero attached hydrogens (tertiary/aromatic N) is 2. The lowest BCUT2D eigenvalue weighted by atomic mass is 10.1. The molecule has 1 N–H and O–H groups in total. The second kappa shape index (κ2) is 6.58. The van der Waals surface area contributed by atoms with E-state index in [4.69, 9.17) is 4.74 Å². The number of carbonyl (C=O) groups is 5. The van der Waals surface area contributed by atoms with Crippen LogP contribution in [0.1, 0.15) is 34.6 Å². The molecule has 2 aliphatic heterocycles. The van der Waals surface area contributed by atoms with Crippen LogP contribution in [-0.4, -0.2) is 64.8 Å². The molecule has 0 radical (unpaired) electrons. The van der Waals surface area contributed by atoms with Crippen molar-refractivity contribution in [1.29, 1.82) is 0 Å². The van der Waals surface area contributed by atoms with Crippen molar-refractivity contribution in [2.24, 2.45) is 0 Å². The fraction of sp³-hybridized carbons (Fsp3) is 0.353. The van der Waals surface area contributed by atoms with Crippen molar-refractivity contribution < 1.29 is 28.7 Å². The highest BCUT2D eigenvalue weighted by Crippen LogP contribution is 2.25. The maximum atomic E-state index is 12.4. The third-order valence-corrected chi connectivity index (χ3v) is 4.32. The van der Waals surface area contributed by atoms with E-state index in [9.17, 15) is 24.0 Å². The van der Waals surface area contributed by atoms with Crippen LogP contribution in [0.15, 0.2) is 24.3 Å².